The first-order valence-corrected chi connectivity index (χ1v) is 15.4. The minimum absolute atomic E-state index is 0.407. The van der Waals surface area contributed by atoms with Crippen LogP contribution < -0.4 is 0 Å². The number of nitrogens with zero attached hydrogens (tertiary/aromatic N) is 3. The second-order valence-electron chi connectivity index (χ2n) is 11.5. The smallest absolute Gasteiger partial charge is 0.141 e. The lowest BCUT2D eigenvalue weighted by molar-refractivity contribution is 0.306. The Bertz CT molecular complexity index is 1490. The van der Waals surface area contributed by atoms with Crippen LogP contribution in [0, 0.1) is 5.92 Å². The SMILES string of the molecule is CCCC(C)C(=N/C(C)=C1\CCCCC(c2ncnc3[nH]c(C4=CCC=C(OC)C=C4)cc23)CC1)c1ccccc1. The van der Waals surface area contributed by atoms with Crippen molar-refractivity contribution in [3.05, 3.63) is 101 Å². The van der Waals surface area contributed by atoms with E-state index in [-0.39, 0.29) is 0 Å². The summed E-state index contributed by atoms with van der Waals surface area (Å²) in [6.45, 7) is 6.81. The molecule has 2 unspecified atom stereocenters. The van der Waals surface area contributed by atoms with E-state index in [1.807, 2.05) is 6.08 Å². The van der Waals surface area contributed by atoms with E-state index in [0.29, 0.717) is 11.8 Å². The van der Waals surface area contributed by atoms with Crippen LogP contribution in [0.15, 0.2) is 89.1 Å². The number of hydrogen-bond donors (Lipinski definition) is 1. The molecule has 0 saturated heterocycles. The second-order valence-corrected chi connectivity index (χ2v) is 11.5. The Morgan fingerprint density at radius 2 is 1.93 bits per heavy atom. The van der Waals surface area contributed by atoms with Gasteiger partial charge in [0.25, 0.3) is 0 Å². The summed E-state index contributed by atoms with van der Waals surface area (Å²) < 4.78 is 5.42. The van der Waals surface area contributed by atoms with Crippen LogP contribution in [0.3, 0.4) is 0 Å². The summed E-state index contributed by atoms with van der Waals surface area (Å²) in [7, 11) is 1.71. The zero-order valence-electron chi connectivity index (χ0n) is 25.1. The molecule has 2 aliphatic rings. The van der Waals surface area contributed by atoms with Gasteiger partial charge in [0.15, 0.2) is 0 Å². The van der Waals surface area contributed by atoms with Gasteiger partial charge in [0.2, 0.25) is 0 Å². The van der Waals surface area contributed by atoms with Gasteiger partial charge < -0.3 is 9.72 Å². The van der Waals surface area contributed by atoms with Crippen LogP contribution in [0.5, 0.6) is 0 Å². The minimum atomic E-state index is 0.407. The van der Waals surface area contributed by atoms with E-state index in [1.54, 1.807) is 13.4 Å². The Balaban J connectivity index is 1.40. The Hall–Kier alpha value is -3.73. The number of fused-ring (bicyclic) bond motifs is 1. The lowest BCUT2D eigenvalue weighted by atomic mass is 9.85. The molecule has 0 radical (unpaired) electrons. The van der Waals surface area contributed by atoms with Gasteiger partial charge in [0, 0.05) is 22.7 Å². The number of aromatic amines is 1. The van der Waals surface area contributed by atoms with Gasteiger partial charge in [0.05, 0.1) is 18.5 Å². The predicted molar refractivity (Wildman–Crippen MR) is 171 cm³/mol. The standard InChI is InChI=1S/C36H44N4O/c1-5-12-25(2)34(29-14-7-6-8-15-29)39-26(3)27-13-9-10-16-30(20-19-27)35-32-23-33(40-36(32)38-24-37-35)28-17-11-18-31(41-4)22-21-28/h6-8,14-15,17-18,21-25,30H,5,9-13,16,19-20H2,1-4H3,(H,37,38,40)/b27-26+,39-34?. The van der Waals surface area contributed by atoms with Crippen LogP contribution in [0.4, 0.5) is 0 Å². The molecule has 0 amide bonds. The number of H-pyrrole nitrogens is 1. The van der Waals surface area contributed by atoms with Crippen molar-refractivity contribution in [3.63, 3.8) is 0 Å². The number of allylic oxidation sites excluding steroid dienone is 7. The van der Waals surface area contributed by atoms with E-state index in [1.165, 1.54) is 41.1 Å². The zero-order valence-corrected chi connectivity index (χ0v) is 25.1. The van der Waals surface area contributed by atoms with Gasteiger partial charge in [-0.1, -0.05) is 63.1 Å². The highest BCUT2D eigenvalue weighted by Crippen LogP contribution is 2.37. The van der Waals surface area contributed by atoms with Gasteiger partial charge in [-0.15, -0.1) is 0 Å². The molecule has 0 spiro atoms. The Kier molecular flexibility index (Phi) is 9.66. The zero-order chi connectivity index (χ0) is 28.6. The van der Waals surface area contributed by atoms with Gasteiger partial charge >= 0.3 is 0 Å². The first-order valence-electron chi connectivity index (χ1n) is 15.4. The summed E-state index contributed by atoms with van der Waals surface area (Å²) >= 11 is 0. The summed E-state index contributed by atoms with van der Waals surface area (Å²) in [6.07, 6.45) is 20.2. The molecule has 2 aliphatic carbocycles. The molecule has 5 rings (SSSR count). The number of methoxy groups -OCH3 is 1. The van der Waals surface area contributed by atoms with Crippen molar-refractivity contribution in [2.75, 3.05) is 7.11 Å². The summed E-state index contributed by atoms with van der Waals surface area (Å²) in [4.78, 5) is 18.3. The fraction of sp³-hybridized carbons (Fsp3) is 0.417. The Morgan fingerprint density at radius 1 is 1.07 bits per heavy atom. The van der Waals surface area contributed by atoms with Crippen molar-refractivity contribution in [1.82, 2.24) is 15.0 Å². The number of benzene rings is 1. The largest absolute Gasteiger partial charge is 0.497 e. The average molecular weight is 549 g/mol. The third-order valence-electron chi connectivity index (χ3n) is 8.61. The topological polar surface area (TPSA) is 63.2 Å². The highest BCUT2D eigenvalue weighted by molar-refractivity contribution is 6.02. The number of aromatic nitrogens is 3. The van der Waals surface area contributed by atoms with Crippen LogP contribution in [0.2, 0.25) is 0 Å². The fourth-order valence-electron chi connectivity index (χ4n) is 6.28. The van der Waals surface area contributed by atoms with Crippen molar-refractivity contribution in [3.8, 4) is 0 Å². The van der Waals surface area contributed by atoms with Gasteiger partial charge in [-0.3, -0.25) is 4.99 Å². The summed E-state index contributed by atoms with van der Waals surface area (Å²) in [5.74, 6) is 1.73. The molecule has 1 fully saturated rings. The van der Waals surface area contributed by atoms with E-state index in [2.05, 4.69) is 85.4 Å². The maximum Gasteiger partial charge on any atom is 0.141 e. The monoisotopic (exact) mass is 548 g/mol. The number of ether oxygens (including phenoxy) is 1. The molecule has 41 heavy (non-hydrogen) atoms. The molecule has 5 heteroatoms. The van der Waals surface area contributed by atoms with E-state index in [4.69, 9.17) is 14.7 Å². The molecular formula is C36H44N4O. The minimum Gasteiger partial charge on any atom is -0.497 e. The van der Waals surface area contributed by atoms with Crippen LogP contribution in [0.25, 0.3) is 16.6 Å². The van der Waals surface area contributed by atoms with E-state index in [0.717, 1.165) is 73.0 Å². The first-order chi connectivity index (χ1) is 20.1. The third kappa shape index (κ3) is 6.95. The molecule has 1 saturated carbocycles. The Labute approximate surface area is 245 Å². The van der Waals surface area contributed by atoms with Crippen LogP contribution >= 0.6 is 0 Å². The van der Waals surface area contributed by atoms with Crippen molar-refractivity contribution in [2.24, 2.45) is 10.9 Å². The fourth-order valence-corrected chi connectivity index (χ4v) is 6.28. The third-order valence-corrected chi connectivity index (χ3v) is 8.61. The molecular weight excluding hydrogens is 504 g/mol. The lowest BCUT2D eigenvalue weighted by Gasteiger charge is -2.22. The van der Waals surface area contributed by atoms with E-state index in [9.17, 15) is 0 Å². The second kappa shape index (κ2) is 13.8. The Morgan fingerprint density at radius 3 is 2.73 bits per heavy atom. The van der Waals surface area contributed by atoms with Gasteiger partial charge in [-0.2, -0.15) is 0 Å². The summed E-state index contributed by atoms with van der Waals surface area (Å²) in [6, 6.07) is 13.0. The van der Waals surface area contributed by atoms with Gasteiger partial charge in [-0.25, -0.2) is 9.97 Å². The molecule has 5 nitrogen and oxygen atoms in total. The summed E-state index contributed by atoms with van der Waals surface area (Å²) in [5, 5.41) is 1.14. The normalized spacial score (nSPS) is 20.5. The molecule has 1 aromatic carbocycles. The van der Waals surface area contributed by atoms with Gasteiger partial charge in [-0.05, 0) is 98.8 Å². The van der Waals surface area contributed by atoms with E-state index < -0.39 is 0 Å². The molecule has 3 aromatic rings. The molecule has 0 aliphatic heterocycles. The van der Waals surface area contributed by atoms with Crippen molar-refractivity contribution in [2.45, 2.75) is 84.5 Å². The van der Waals surface area contributed by atoms with Crippen molar-refractivity contribution < 1.29 is 4.74 Å². The lowest BCUT2D eigenvalue weighted by Crippen LogP contribution is -2.13. The van der Waals surface area contributed by atoms with Crippen molar-refractivity contribution in [1.29, 1.82) is 0 Å². The predicted octanol–water partition coefficient (Wildman–Crippen LogP) is 9.47. The molecule has 2 heterocycles. The van der Waals surface area contributed by atoms with Crippen molar-refractivity contribution >= 4 is 22.3 Å². The number of nitrogens with one attached hydrogen (secondary N) is 1. The van der Waals surface area contributed by atoms with Crippen LogP contribution in [-0.2, 0) is 4.74 Å². The highest BCUT2D eigenvalue weighted by atomic mass is 16.5. The maximum atomic E-state index is 5.42. The van der Waals surface area contributed by atoms with Crippen LogP contribution in [0.1, 0.15) is 101 Å². The average Bonchev–Trinajstić information content (AvgIpc) is 3.27. The molecule has 1 N–H and O–H groups in total. The quantitative estimate of drug-likeness (QED) is 0.285. The van der Waals surface area contributed by atoms with E-state index >= 15 is 0 Å². The molecule has 0 bridgehead atoms. The number of aliphatic imine (C=N–C) groups is 1. The first kappa shape index (κ1) is 28.8. The summed E-state index contributed by atoms with van der Waals surface area (Å²) in [5.41, 5.74) is 9.51. The molecule has 2 atom stereocenters. The highest BCUT2D eigenvalue weighted by Gasteiger charge is 2.22. The number of hydrogen-bond acceptors (Lipinski definition) is 4. The molecule has 214 valence electrons. The van der Waals surface area contributed by atoms with Crippen LogP contribution in [-0.4, -0.2) is 27.8 Å². The van der Waals surface area contributed by atoms with Gasteiger partial charge in [0.1, 0.15) is 17.7 Å². The molecule has 2 aromatic heterocycles. The maximum absolute atomic E-state index is 5.42. The number of rotatable bonds is 8.